The molecule has 0 radical (unpaired) electrons. The summed E-state index contributed by atoms with van der Waals surface area (Å²) in [5.74, 6) is 1.14. The number of nitrogens with one attached hydrogen (secondary N) is 2. The Kier molecular flexibility index (Phi) is 6.12. The maximum Gasteiger partial charge on any atom is 0.255 e. The zero-order chi connectivity index (χ0) is 22.5. The molecule has 4 aromatic carbocycles. The predicted molar refractivity (Wildman–Crippen MR) is 130 cm³/mol. The van der Waals surface area contributed by atoms with Crippen molar-refractivity contribution in [3.63, 3.8) is 0 Å². The van der Waals surface area contributed by atoms with Gasteiger partial charge in [-0.25, -0.2) is 0 Å². The fourth-order valence-corrected chi connectivity index (χ4v) is 3.48. The van der Waals surface area contributed by atoms with Gasteiger partial charge in [0.25, 0.3) is 5.91 Å². The molecule has 6 nitrogen and oxygen atoms in total. The van der Waals surface area contributed by atoms with E-state index in [-0.39, 0.29) is 5.91 Å². The van der Waals surface area contributed by atoms with Crippen LogP contribution in [0.1, 0.15) is 15.9 Å². The molecule has 4 aromatic rings. The number of benzene rings is 4. The molecule has 6 heteroatoms. The van der Waals surface area contributed by atoms with Crippen LogP contribution in [0, 0.1) is 0 Å². The lowest BCUT2D eigenvalue weighted by Gasteiger charge is -2.12. The number of amides is 1. The third-order valence-corrected chi connectivity index (χ3v) is 5.26. The molecule has 32 heavy (non-hydrogen) atoms. The topological polar surface area (TPSA) is 85.6 Å². The van der Waals surface area contributed by atoms with Gasteiger partial charge in [0.2, 0.25) is 0 Å². The highest BCUT2D eigenvalue weighted by molar-refractivity contribution is 6.07. The lowest BCUT2D eigenvalue weighted by molar-refractivity contribution is 0.102. The molecule has 0 atom stereocenters. The van der Waals surface area contributed by atoms with E-state index in [1.807, 2.05) is 66.7 Å². The van der Waals surface area contributed by atoms with Crippen molar-refractivity contribution in [2.75, 3.05) is 30.6 Å². The molecule has 0 heterocycles. The summed E-state index contributed by atoms with van der Waals surface area (Å²) in [6, 6.07) is 24.8. The smallest absolute Gasteiger partial charge is 0.255 e. The highest BCUT2D eigenvalue weighted by atomic mass is 16.5. The second-order valence-corrected chi connectivity index (χ2v) is 7.36. The van der Waals surface area contributed by atoms with Crippen LogP contribution in [-0.2, 0) is 6.54 Å². The van der Waals surface area contributed by atoms with Gasteiger partial charge in [0.1, 0.15) is 0 Å². The average Bonchev–Trinajstić information content (AvgIpc) is 2.83. The van der Waals surface area contributed by atoms with Crippen molar-refractivity contribution < 1.29 is 14.3 Å². The number of carbonyl (C=O) groups excluding carboxylic acids is 1. The first-order chi connectivity index (χ1) is 15.6. The molecule has 1 amide bonds. The van der Waals surface area contributed by atoms with E-state index in [0.29, 0.717) is 35.0 Å². The molecule has 4 rings (SSSR count). The van der Waals surface area contributed by atoms with Crippen molar-refractivity contribution in [1.82, 2.24) is 0 Å². The molecule has 0 aliphatic heterocycles. The third-order valence-electron chi connectivity index (χ3n) is 5.26. The number of methoxy groups -OCH3 is 2. The molecule has 162 valence electrons. The Morgan fingerprint density at radius 3 is 2.22 bits per heavy atom. The Morgan fingerprint density at radius 1 is 0.844 bits per heavy atom. The molecule has 0 aliphatic rings. The molecular formula is C26H25N3O3. The van der Waals surface area contributed by atoms with E-state index in [1.165, 1.54) is 0 Å². The predicted octanol–water partition coefficient (Wildman–Crippen LogP) is 5.30. The Bertz CT molecular complexity index is 1250. The molecule has 0 aliphatic carbocycles. The number of hydrogen-bond donors (Lipinski definition) is 3. The first-order valence-corrected chi connectivity index (χ1v) is 10.2. The van der Waals surface area contributed by atoms with Gasteiger partial charge in [-0.15, -0.1) is 0 Å². The molecule has 0 saturated heterocycles. The van der Waals surface area contributed by atoms with Gasteiger partial charge in [0.05, 0.1) is 25.6 Å². The Labute approximate surface area is 187 Å². The number of nitrogen functional groups attached to an aromatic ring is 1. The maximum absolute atomic E-state index is 12.7. The largest absolute Gasteiger partial charge is 0.493 e. The van der Waals surface area contributed by atoms with Gasteiger partial charge < -0.3 is 25.8 Å². The number of fused-ring (bicyclic) bond motifs is 1. The zero-order valence-corrected chi connectivity index (χ0v) is 18.0. The second-order valence-electron chi connectivity index (χ2n) is 7.36. The molecular weight excluding hydrogens is 402 g/mol. The lowest BCUT2D eigenvalue weighted by Crippen LogP contribution is -2.13. The molecule has 0 bridgehead atoms. The fourth-order valence-electron chi connectivity index (χ4n) is 3.48. The lowest BCUT2D eigenvalue weighted by atomic mass is 10.1. The summed E-state index contributed by atoms with van der Waals surface area (Å²) >= 11 is 0. The van der Waals surface area contributed by atoms with Crippen LogP contribution in [0.5, 0.6) is 11.5 Å². The van der Waals surface area contributed by atoms with E-state index in [9.17, 15) is 4.79 Å². The first-order valence-electron chi connectivity index (χ1n) is 10.2. The summed E-state index contributed by atoms with van der Waals surface area (Å²) in [7, 11) is 3.22. The van der Waals surface area contributed by atoms with Crippen molar-refractivity contribution in [3.05, 3.63) is 90.0 Å². The van der Waals surface area contributed by atoms with Crippen LogP contribution in [0.15, 0.2) is 78.9 Å². The minimum absolute atomic E-state index is 0.202. The van der Waals surface area contributed by atoms with Crippen molar-refractivity contribution in [1.29, 1.82) is 0 Å². The van der Waals surface area contributed by atoms with Crippen LogP contribution in [-0.4, -0.2) is 20.1 Å². The standard InChI is InChI=1S/C26H25N3O3/c1-31-24-12-11-21(15-25(24)32-2)28-16-17-7-9-18(10-8-17)26(30)29-23-14-20-6-4-3-5-19(20)13-22(23)27/h3-15,28H,16,27H2,1-2H3,(H,29,30). The van der Waals surface area contributed by atoms with Crippen LogP contribution in [0.3, 0.4) is 0 Å². The summed E-state index contributed by atoms with van der Waals surface area (Å²) in [6.07, 6.45) is 0. The third kappa shape index (κ3) is 4.59. The van der Waals surface area contributed by atoms with Crippen molar-refractivity contribution in [2.45, 2.75) is 6.54 Å². The Balaban J connectivity index is 1.41. The van der Waals surface area contributed by atoms with Crippen LogP contribution < -0.4 is 25.8 Å². The molecule has 0 aromatic heterocycles. The van der Waals surface area contributed by atoms with E-state index < -0.39 is 0 Å². The number of carbonyl (C=O) groups is 1. The Hall–Kier alpha value is -4.19. The summed E-state index contributed by atoms with van der Waals surface area (Å²) in [5.41, 5.74) is 9.79. The van der Waals surface area contributed by atoms with E-state index in [2.05, 4.69) is 10.6 Å². The van der Waals surface area contributed by atoms with Gasteiger partial charge in [-0.3, -0.25) is 4.79 Å². The molecule has 0 spiro atoms. The van der Waals surface area contributed by atoms with E-state index in [0.717, 1.165) is 22.0 Å². The number of rotatable bonds is 7. The van der Waals surface area contributed by atoms with E-state index in [4.69, 9.17) is 15.2 Å². The van der Waals surface area contributed by atoms with Crippen molar-refractivity contribution >= 4 is 33.7 Å². The summed E-state index contributed by atoms with van der Waals surface area (Å²) in [6.45, 7) is 0.606. The van der Waals surface area contributed by atoms with Crippen molar-refractivity contribution in [3.8, 4) is 11.5 Å². The van der Waals surface area contributed by atoms with Gasteiger partial charge in [0, 0.05) is 23.9 Å². The second kappa shape index (κ2) is 9.31. The molecule has 0 unspecified atom stereocenters. The minimum Gasteiger partial charge on any atom is -0.493 e. The van der Waals surface area contributed by atoms with Crippen LogP contribution in [0.25, 0.3) is 10.8 Å². The van der Waals surface area contributed by atoms with Gasteiger partial charge in [-0.2, -0.15) is 0 Å². The Morgan fingerprint density at radius 2 is 1.53 bits per heavy atom. The van der Waals surface area contributed by atoms with Gasteiger partial charge in [-0.05, 0) is 52.7 Å². The number of anilines is 3. The van der Waals surface area contributed by atoms with Gasteiger partial charge in [-0.1, -0.05) is 36.4 Å². The van der Waals surface area contributed by atoms with Crippen LogP contribution >= 0.6 is 0 Å². The molecule has 0 saturated carbocycles. The van der Waals surface area contributed by atoms with E-state index in [1.54, 1.807) is 26.4 Å². The zero-order valence-electron chi connectivity index (χ0n) is 18.0. The normalized spacial score (nSPS) is 10.6. The molecule has 0 fully saturated rings. The number of nitrogens with two attached hydrogens (primary N) is 1. The van der Waals surface area contributed by atoms with E-state index >= 15 is 0 Å². The van der Waals surface area contributed by atoms with Gasteiger partial charge >= 0.3 is 0 Å². The first kappa shape index (κ1) is 21.1. The quantitative estimate of drug-likeness (QED) is 0.348. The maximum atomic E-state index is 12.7. The van der Waals surface area contributed by atoms with Crippen molar-refractivity contribution in [2.24, 2.45) is 0 Å². The highest BCUT2D eigenvalue weighted by Gasteiger charge is 2.10. The fraction of sp³-hybridized carbons (Fsp3) is 0.115. The van der Waals surface area contributed by atoms with Gasteiger partial charge in [0.15, 0.2) is 11.5 Å². The van der Waals surface area contributed by atoms with Crippen LogP contribution in [0.2, 0.25) is 0 Å². The average molecular weight is 428 g/mol. The van der Waals surface area contributed by atoms with Crippen LogP contribution in [0.4, 0.5) is 17.1 Å². The summed E-state index contributed by atoms with van der Waals surface area (Å²) < 4.78 is 10.6. The highest BCUT2D eigenvalue weighted by Crippen LogP contribution is 2.30. The summed E-state index contributed by atoms with van der Waals surface area (Å²) in [4.78, 5) is 12.7. The SMILES string of the molecule is COc1ccc(NCc2ccc(C(=O)Nc3cc4ccccc4cc3N)cc2)cc1OC. The minimum atomic E-state index is -0.202. The number of ether oxygens (including phenoxy) is 2. The molecule has 4 N–H and O–H groups in total. The number of hydrogen-bond acceptors (Lipinski definition) is 5. The summed E-state index contributed by atoms with van der Waals surface area (Å²) in [5, 5.41) is 8.32. The monoisotopic (exact) mass is 427 g/mol.